The van der Waals surface area contributed by atoms with E-state index in [2.05, 4.69) is 17.4 Å². The number of benzene rings is 1. The Morgan fingerprint density at radius 1 is 1.06 bits per heavy atom. The molecule has 1 saturated carbocycles. The van der Waals surface area contributed by atoms with Crippen LogP contribution in [0.1, 0.15) is 44.1 Å². The smallest absolute Gasteiger partial charge is 0.0450 e. The minimum Gasteiger partial charge on any atom is -0.310 e. The molecule has 1 fully saturated rings. The van der Waals surface area contributed by atoms with E-state index in [-0.39, 0.29) is 0 Å². The molecule has 1 aliphatic carbocycles. The molecule has 0 spiro atoms. The van der Waals surface area contributed by atoms with Crippen LogP contribution in [0.25, 0.3) is 0 Å². The second-order valence-corrected chi connectivity index (χ2v) is 5.07. The third kappa shape index (κ3) is 3.50. The first kappa shape index (κ1) is 11.9. The summed E-state index contributed by atoms with van der Waals surface area (Å²) in [7, 11) is 0. The number of hydrogen-bond acceptors (Lipinski definition) is 1. The highest BCUT2D eigenvalue weighted by atomic mass is 35.5. The van der Waals surface area contributed by atoms with E-state index in [1.807, 2.05) is 12.1 Å². The summed E-state index contributed by atoms with van der Waals surface area (Å²) in [6, 6.07) is 8.80. The average Bonchev–Trinajstić information content (AvgIpc) is 2.56. The van der Waals surface area contributed by atoms with Gasteiger partial charge in [0.05, 0.1) is 0 Å². The number of halogens is 1. The van der Waals surface area contributed by atoms with Crippen molar-refractivity contribution in [3.63, 3.8) is 0 Å². The first-order valence-corrected chi connectivity index (χ1v) is 6.71. The molecule has 88 valence electrons. The first-order valence-electron chi connectivity index (χ1n) is 6.33. The fourth-order valence-corrected chi connectivity index (χ4v) is 2.58. The summed E-state index contributed by atoms with van der Waals surface area (Å²) in [5, 5.41) is 4.51. The van der Waals surface area contributed by atoms with Crippen molar-refractivity contribution in [2.24, 2.45) is 0 Å². The number of hydrogen-bond donors (Lipinski definition) is 1. The van der Waals surface area contributed by atoms with Gasteiger partial charge in [-0.05, 0) is 24.5 Å². The van der Waals surface area contributed by atoms with Crippen LogP contribution in [0.4, 0.5) is 0 Å². The van der Waals surface area contributed by atoms with Crippen LogP contribution >= 0.6 is 11.6 Å². The van der Waals surface area contributed by atoms with Gasteiger partial charge in [-0.1, -0.05) is 55.5 Å². The van der Waals surface area contributed by atoms with E-state index < -0.39 is 0 Å². The van der Waals surface area contributed by atoms with Crippen LogP contribution in [0.5, 0.6) is 0 Å². The molecule has 0 aromatic heterocycles. The summed E-state index contributed by atoms with van der Waals surface area (Å²) >= 11 is 6.13. The Morgan fingerprint density at radius 3 is 2.44 bits per heavy atom. The first-order chi connectivity index (χ1) is 7.86. The average molecular weight is 238 g/mol. The van der Waals surface area contributed by atoms with Gasteiger partial charge in [0.1, 0.15) is 0 Å². The van der Waals surface area contributed by atoms with Crippen molar-refractivity contribution in [2.75, 3.05) is 0 Å². The highest BCUT2D eigenvalue weighted by Crippen LogP contribution is 2.19. The maximum Gasteiger partial charge on any atom is 0.0450 e. The van der Waals surface area contributed by atoms with Crippen LogP contribution in [-0.2, 0) is 6.54 Å². The summed E-state index contributed by atoms with van der Waals surface area (Å²) in [4.78, 5) is 0. The molecule has 0 unspecified atom stereocenters. The third-order valence-corrected chi connectivity index (χ3v) is 3.76. The SMILES string of the molecule is Clc1ccccc1CNC1CCCCCC1. The van der Waals surface area contributed by atoms with Gasteiger partial charge in [-0.15, -0.1) is 0 Å². The number of nitrogens with one attached hydrogen (secondary N) is 1. The summed E-state index contributed by atoms with van der Waals surface area (Å²) in [5.74, 6) is 0. The molecule has 0 saturated heterocycles. The molecular weight excluding hydrogens is 218 g/mol. The Bertz CT molecular complexity index is 316. The molecule has 0 radical (unpaired) electrons. The highest BCUT2D eigenvalue weighted by Gasteiger charge is 2.11. The van der Waals surface area contributed by atoms with Crippen LogP contribution in [0.3, 0.4) is 0 Å². The van der Waals surface area contributed by atoms with Gasteiger partial charge in [0.2, 0.25) is 0 Å². The van der Waals surface area contributed by atoms with Gasteiger partial charge in [-0.25, -0.2) is 0 Å². The van der Waals surface area contributed by atoms with Gasteiger partial charge in [-0.3, -0.25) is 0 Å². The Balaban J connectivity index is 1.84. The Morgan fingerprint density at radius 2 is 1.75 bits per heavy atom. The van der Waals surface area contributed by atoms with Gasteiger partial charge < -0.3 is 5.32 Å². The molecule has 0 bridgehead atoms. The van der Waals surface area contributed by atoms with E-state index in [1.54, 1.807) is 0 Å². The quantitative estimate of drug-likeness (QED) is 0.779. The molecule has 1 aromatic carbocycles. The Labute approximate surface area is 103 Å². The van der Waals surface area contributed by atoms with Crippen LogP contribution in [0.15, 0.2) is 24.3 Å². The van der Waals surface area contributed by atoms with Crippen molar-refractivity contribution in [3.05, 3.63) is 34.9 Å². The largest absolute Gasteiger partial charge is 0.310 e. The molecule has 1 nitrogen and oxygen atoms in total. The standard InChI is InChI=1S/C14H20ClN/c15-14-10-6-5-7-12(14)11-16-13-8-3-1-2-4-9-13/h5-7,10,13,16H,1-4,8-9,11H2. The minimum atomic E-state index is 0.693. The third-order valence-electron chi connectivity index (χ3n) is 3.39. The molecule has 0 aliphatic heterocycles. The van der Waals surface area contributed by atoms with Crippen LogP contribution in [-0.4, -0.2) is 6.04 Å². The Kier molecular flexibility index (Phi) is 4.68. The monoisotopic (exact) mass is 237 g/mol. The van der Waals surface area contributed by atoms with E-state index in [4.69, 9.17) is 11.6 Å². The van der Waals surface area contributed by atoms with E-state index in [0.29, 0.717) is 6.04 Å². The lowest BCUT2D eigenvalue weighted by Crippen LogP contribution is -2.27. The second kappa shape index (κ2) is 6.27. The zero-order valence-electron chi connectivity index (χ0n) is 9.71. The van der Waals surface area contributed by atoms with Crippen molar-refractivity contribution in [3.8, 4) is 0 Å². The van der Waals surface area contributed by atoms with Gasteiger partial charge in [0.25, 0.3) is 0 Å². The molecule has 0 heterocycles. The second-order valence-electron chi connectivity index (χ2n) is 4.66. The fourth-order valence-electron chi connectivity index (χ4n) is 2.38. The van der Waals surface area contributed by atoms with Crippen molar-refractivity contribution in [1.82, 2.24) is 5.32 Å². The normalized spacial score (nSPS) is 18.3. The van der Waals surface area contributed by atoms with Crippen LogP contribution < -0.4 is 5.32 Å². The van der Waals surface area contributed by atoms with Gasteiger partial charge in [0, 0.05) is 17.6 Å². The molecule has 2 rings (SSSR count). The molecule has 1 N–H and O–H groups in total. The summed E-state index contributed by atoms with van der Waals surface area (Å²) in [6.07, 6.45) is 8.21. The van der Waals surface area contributed by atoms with Crippen molar-refractivity contribution in [2.45, 2.75) is 51.1 Å². The molecule has 0 atom stereocenters. The van der Waals surface area contributed by atoms with E-state index in [9.17, 15) is 0 Å². The van der Waals surface area contributed by atoms with Crippen molar-refractivity contribution < 1.29 is 0 Å². The summed E-state index contributed by atoms with van der Waals surface area (Å²) in [6.45, 7) is 0.907. The minimum absolute atomic E-state index is 0.693. The zero-order valence-corrected chi connectivity index (χ0v) is 10.5. The maximum atomic E-state index is 6.13. The van der Waals surface area contributed by atoms with Gasteiger partial charge in [0.15, 0.2) is 0 Å². The lowest BCUT2D eigenvalue weighted by molar-refractivity contribution is 0.459. The lowest BCUT2D eigenvalue weighted by atomic mass is 10.1. The fraction of sp³-hybridized carbons (Fsp3) is 0.571. The van der Waals surface area contributed by atoms with Crippen LogP contribution in [0, 0.1) is 0 Å². The lowest BCUT2D eigenvalue weighted by Gasteiger charge is -2.16. The molecule has 16 heavy (non-hydrogen) atoms. The molecule has 2 heteroatoms. The van der Waals surface area contributed by atoms with Crippen molar-refractivity contribution in [1.29, 1.82) is 0 Å². The zero-order chi connectivity index (χ0) is 11.2. The van der Waals surface area contributed by atoms with E-state index in [0.717, 1.165) is 11.6 Å². The molecule has 0 amide bonds. The van der Waals surface area contributed by atoms with Crippen molar-refractivity contribution >= 4 is 11.6 Å². The van der Waals surface area contributed by atoms with Crippen LogP contribution in [0.2, 0.25) is 5.02 Å². The highest BCUT2D eigenvalue weighted by molar-refractivity contribution is 6.31. The predicted molar refractivity (Wildman–Crippen MR) is 69.8 cm³/mol. The topological polar surface area (TPSA) is 12.0 Å². The van der Waals surface area contributed by atoms with Gasteiger partial charge >= 0.3 is 0 Å². The maximum absolute atomic E-state index is 6.13. The summed E-state index contributed by atoms with van der Waals surface area (Å²) < 4.78 is 0. The summed E-state index contributed by atoms with van der Waals surface area (Å²) in [5.41, 5.74) is 1.22. The predicted octanol–water partition coefficient (Wildman–Crippen LogP) is 4.15. The molecule has 1 aliphatic rings. The van der Waals surface area contributed by atoms with E-state index in [1.165, 1.54) is 44.1 Å². The Hall–Kier alpha value is -0.530. The molecular formula is C14H20ClN. The van der Waals surface area contributed by atoms with Gasteiger partial charge in [-0.2, -0.15) is 0 Å². The molecule has 1 aromatic rings. The number of rotatable bonds is 3. The van der Waals surface area contributed by atoms with E-state index >= 15 is 0 Å².